The number of hydrogen-bond donors (Lipinski definition) is 1. The highest BCUT2D eigenvalue weighted by Gasteiger charge is 2.36. The number of rotatable bonds is 4. The Balaban J connectivity index is 1.96. The SMILES string of the molecule is CCNC1c2ccccc2CC1S(=O)c1ccccc1F. The topological polar surface area (TPSA) is 29.1 Å². The normalized spacial score (nSPS) is 22.0. The second kappa shape index (κ2) is 6.08. The largest absolute Gasteiger partial charge is 0.309 e. The van der Waals surface area contributed by atoms with E-state index in [1.807, 2.05) is 19.1 Å². The van der Waals surface area contributed by atoms with E-state index in [0.717, 1.165) is 13.0 Å². The van der Waals surface area contributed by atoms with Crippen LogP contribution in [0.15, 0.2) is 53.4 Å². The molecule has 0 saturated heterocycles. The Morgan fingerprint density at radius 2 is 1.90 bits per heavy atom. The van der Waals surface area contributed by atoms with Gasteiger partial charge in [-0.05, 0) is 36.2 Å². The van der Waals surface area contributed by atoms with Gasteiger partial charge in [0.25, 0.3) is 0 Å². The predicted molar refractivity (Wildman–Crippen MR) is 83.2 cm³/mol. The molecule has 21 heavy (non-hydrogen) atoms. The molecule has 0 radical (unpaired) electrons. The zero-order valence-electron chi connectivity index (χ0n) is 11.9. The van der Waals surface area contributed by atoms with E-state index < -0.39 is 10.8 Å². The lowest BCUT2D eigenvalue weighted by atomic mass is 10.1. The van der Waals surface area contributed by atoms with Gasteiger partial charge in [-0.25, -0.2) is 4.39 Å². The summed E-state index contributed by atoms with van der Waals surface area (Å²) in [4.78, 5) is 0.304. The van der Waals surface area contributed by atoms with Crippen LogP contribution < -0.4 is 5.32 Å². The fraction of sp³-hybridized carbons (Fsp3) is 0.294. The third-order valence-corrected chi connectivity index (χ3v) is 5.69. The van der Waals surface area contributed by atoms with Crippen molar-refractivity contribution in [3.05, 3.63) is 65.5 Å². The summed E-state index contributed by atoms with van der Waals surface area (Å²) in [5.74, 6) is -0.387. The fourth-order valence-electron chi connectivity index (χ4n) is 2.99. The molecule has 2 aromatic rings. The molecule has 4 heteroatoms. The molecule has 0 aromatic heterocycles. The van der Waals surface area contributed by atoms with Gasteiger partial charge in [0.1, 0.15) is 5.82 Å². The Bertz CT molecular complexity index is 673. The van der Waals surface area contributed by atoms with Crippen LogP contribution in [-0.2, 0) is 17.2 Å². The van der Waals surface area contributed by atoms with Gasteiger partial charge in [-0.1, -0.05) is 43.3 Å². The Morgan fingerprint density at radius 1 is 1.19 bits per heavy atom. The van der Waals surface area contributed by atoms with Gasteiger partial charge in [-0.3, -0.25) is 4.21 Å². The smallest absolute Gasteiger partial charge is 0.139 e. The molecule has 0 bridgehead atoms. The van der Waals surface area contributed by atoms with E-state index in [0.29, 0.717) is 4.90 Å². The maximum Gasteiger partial charge on any atom is 0.139 e. The average Bonchev–Trinajstić information content (AvgIpc) is 2.87. The Kier molecular flexibility index (Phi) is 4.17. The summed E-state index contributed by atoms with van der Waals surface area (Å²) < 4.78 is 26.8. The molecular weight excluding hydrogens is 285 g/mol. The van der Waals surface area contributed by atoms with Crippen LogP contribution in [-0.4, -0.2) is 16.0 Å². The molecule has 0 amide bonds. The van der Waals surface area contributed by atoms with Crippen molar-refractivity contribution in [1.82, 2.24) is 5.32 Å². The number of benzene rings is 2. The summed E-state index contributed by atoms with van der Waals surface area (Å²) in [5, 5.41) is 3.28. The highest BCUT2D eigenvalue weighted by Crippen LogP contribution is 2.36. The molecule has 2 aromatic carbocycles. The summed E-state index contributed by atoms with van der Waals surface area (Å²) in [6.07, 6.45) is 0.717. The summed E-state index contributed by atoms with van der Waals surface area (Å²) in [6.45, 7) is 2.83. The lowest BCUT2D eigenvalue weighted by molar-refractivity contribution is 0.541. The van der Waals surface area contributed by atoms with Crippen molar-refractivity contribution in [3.8, 4) is 0 Å². The first-order chi connectivity index (χ1) is 10.2. The summed E-state index contributed by atoms with van der Waals surface area (Å²) in [7, 11) is -1.37. The van der Waals surface area contributed by atoms with E-state index in [1.54, 1.807) is 18.2 Å². The second-order valence-electron chi connectivity index (χ2n) is 5.20. The van der Waals surface area contributed by atoms with Crippen molar-refractivity contribution in [2.45, 2.75) is 29.5 Å². The summed E-state index contributed by atoms with van der Waals surface area (Å²) in [5.41, 5.74) is 2.40. The molecule has 3 atom stereocenters. The minimum Gasteiger partial charge on any atom is -0.309 e. The minimum atomic E-state index is -1.37. The van der Waals surface area contributed by atoms with Gasteiger partial charge in [0.05, 0.1) is 20.9 Å². The molecule has 2 nitrogen and oxygen atoms in total. The molecule has 0 aliphatic heterocycles. The van der Waals surface area contributed by atoms with Crippen LogP contribution in [0.3, 0.4) is 0 Å². The molecule has 3 rings (SSSR count). The molecule has 0 heterocycles. The van der Waals surface area contributed by atoms with Crippen molar-refractivity contribution in [2.75, 3.05) is 6.54 Å². The zero-order chi connectivity index (χ0) is 14.8. The minimum absolute atomic E-state index is 0.0200. The number of nitrogens with one attached hydrogen (secondary N) is 1. The standard InChI is InChI=1S/C17H18FNOS/c1-2-19-17-13-8-4-3-7-12(13)11-16(17)21(20)15-10-6-5-9-14(15)18/h3-10,16-17,19H,2,11H2,1H3. The quantitative estimate of drug-likeness (QED) is 0.939. The lowest BCUT2D eigenvalue weighted by Gasteiger charge is -2.21. The van der Waals surface area contributed by atoms with E-state index >= 15 is 0 Å². The molecule has 1 N–H and O–H groups in total. The van der Waals surface area contributed by atoms with Crippen LogP contribution in [0.2, 0.25) is 0 Å². The van der Waals surface area contributed by atoms with Gasteiger partial charge < -0.3 is 5.32 Å². The molecule has 110 valence electrons. The van der Waals surface area contributed by atoms with E-state index in [9.17, 15) is 8.60 Å². The first-order valence-electron chi connectivity index (χ1n) is 7.18. The van der Waals surface area contributed by atoms with Crippen LogP contribution in [0.5, 0.6) is 0 Å². The number of fused-ring (bicyclic) bond motifs is 1. The molecular formula is C17H18FNOS. The zero-order valence-corrected chi connectivity index (χ0v) is 12.7. The second-order valence-corrected chi connectivity index (χ2v) is 6.84. The van der Waals surface area contributed by atoms with E-state index in [4.69, 9.17) is 0 Å². The summed E-state index contributed by atoms with van der Waals surface area (Å²) >= 11 is 0. The highest BCUT2D eigenvalue weighted by atomic mass is 32.2. The average molecular weight is 303 g/mol. The Labute approximate surface area is 126 Å². The van der Waals surface area contributed by atoms with Gasteiger partial charge >= 0.3 is 0 Å². The Hall–Kier alpha value is -1.52. The fourth-order valence-corrected chi connectivity index (χ4v) is 4.61. The molecule has 1 aliphatic rings. The highest BCUT2D eigenvalue weighted by molar-refractivity contribution is 7.85. The van der Waals surface area contributed by atoms with Crippen LogP contribution in [0.4, 0.5) is 4.39 Å². The Morgan fingerprint density at radius 3 is 2.67 bits per heavy atom. The van der Waals surface area contributed by atoms with Crippen molar-refractivity contribution < 1.29 is 8.60 Å². The van der Waals surface area contributed by atoms with Crippen molar-refractivity contribution in [1.29, 1.82) is 0 Å². The lowest BCUT2D eigenvalue weighted by Crippen LogP contribution is -2.32. The monoisotopic (exact) mass is 303 g/mol. The van der Waals surface area contributed by atoms with E-state index in [1.165, 1.54) is 17.2 Å². The molecule has 0 spiro atoms. The van der Waals surface area contributed by atoms with Crippen molar-refractivity contribution >= 4 is 10.8 Å². The molecule has 0 saturated carbocycles. The van der Waals surface area contributed by atoms with E-state index in [2.05, 4.69) is 17.4 Å². The van der Waals surface area contributed by atoms with Gasteiger partial charge in [-0.2, -0.15) is 0 Å². The van der Waals surface area contributed by atoms with Gasteiger partial charge in [0, 0.05) is 6.04 Å². The first-order valence-corrected chi connectivity index (χ1v) is 8.40. The van der Waals surface area contributed by atoms with Crippen molar-refractivity contribution in [3.63, 3.8) is 0 Å². The molecule has 3 unspecified atom stereocenters. The van der Waals surface area contributed by atoms with Crippen LogP contribution in [0, 0.1) is 5.82 Å². The van der Waals surface area contributed by atoms with Crippen LogP contribution >= 0.6 is 0 Å². The number of halogens is 1. The number of hydrogen-bond acceptors (Lipinski definition) is 2. The van der Waals surface area contributed by atoms with Crippen LogP contribution in [0.25, 0.3) is 0 Å². The van der Waals surface area contributed by atoms with E-state index in [-0.39, 0.29) is 17.1 Å². The predicted octanol–water partition coefficient (Wildman–Crippen LogP) is 3.21. The summed E-state index contributed by atoms with van der Waals surface area (Å²) in [6, 6.07) is 14.5. The third-order valence-electron chi connectivity index (χ3n) is 3.94. The molecule has 0 fully saturated rings. The third kappa shape index (κ3) is 2.65. The van der Waals surface area contributed by atoms with Gasteiger partial charge in [0.2, 0.25) is 0 Å². The molecule has 1 aliphatic carbocycles. The van der Waals surface area contributed by atoms with Gasteiger partial charge in [0.15, 0.2) is 0 Å². The maximum absolute atomic E-state index is 13.9. The van der Waals surface area contributed by atoms with Crippen LogP contribution in [0.1, 0.15) is 24.1 Å². The van der Waals surface area contributed by atoms with Crippen molar-refractivity contribution in [2.24, 2.45) is 0 Å². The first kappa shape index (κ1) is 14.4. The maximum atomic E-state index is 13.9. The van der Waals surface area contributed by atoms with Gasteiger partial charge in [-0.15, -0.1) is 0 Å².